The van der Waals surface area contributed by atoms with E-state index in [-0.39, 0.29) is 5.91 Å². The molecular formula is C18H22N4O. The van der Waals surface area contributed by atoms with Crippen molar-refractivity contribution in [3.63, 3.8) is 0 Å². The highest BCUT2D eigenvalue weighted by atomic mass is 16.2. The molecule has 5 heteroatoms. The van der Waals surface area contributed by atoms with Gasteiger partial charge in [0.05, 0.1) is 6.20 Å². The summed E-state index contributed by atoms with van der Waals surface area (Å²) in [6, 6.07) is 3.88. The highest BCUT2D eigenvalue weighted by molar-refractivity contribution is 5.80. The summed E-state index contributed by atoms with van der Waals surface area (Å²) in [4.78, 5) is 19.2. The second kappa shape index (κ2) is 4.56. The van der Waals surface area contributed by atoms with Crippen molar-refractivity contribution in [1.82, 2.24) is 19.7 Å². The summed E-state index contributed by atoms with van der Waals surface area (Å²) < 4.78 is 1.74. The molecule has 3 aliphatic rings. The van der Waals surface area contributed by atoms with Crippen molar-refractivity contribution in [3.05, 3.63) is 24.5 Å². The van der Waals surface area contributed by atoms with E-state index in [9.17, 15) is 4.79 Å². The first kappa shape index (κ1) is 13.5. The Morgan fingerprint density at radius 3 is 3.22 bits per heavy atom. The number of hydrogen-bond donors (Lipinski definition) is 0. The molecular weight excluding hydrogens is 288 g/mol. The lowest BCUT2D eigenvalue weighted by Crippen LogP contribution is -2.36. The van der Waals surface area contributed by atoms with Crippen LogP contribution >= 0.6 is 0 Å². The molecule has 5 nitrogen and oxygen atoms in total. The number of fused-ring (bicyclic) bond motifs is 6. The molecule has 1 aliphatic heterocycles. The van der Waals surface area contributed by atoms with E-state index in [0.29, 0.717) is 12.0 Å². The van der Waals surface area contributed by atoms with Crippen molar-refractivity contribution < 1.29 is 4.79 Å². The van der Waals surface area contributed by atoms with Crippen molar-refractivity contribution in [3.8, 4) is 0 Å². The maximum atomic E-state index is 12.8. The average molecular weight is 310 g/mol. The van der Waals surface area contributed by atoms with Crippen LogP contribution in [0.25, 0.3) is 11.0 Å². The van der Waals surface area contributed by atoms with E-state index in [4.69, 9.17) is 0 Å². The number of hydrogen-bond acceptors (Lipinski definition) is 3. The van der Waals surface area contributed by atoms with E-state index < -0.39 is 0 Å². The molecule has 0 N–H and O–H groups in total. The Hall–Kier alpha value is -1.91. The molecule has 1 saturated heterocycles. The van der Waals surface area contributed by atoms with Crippen LogP contribution in [0, 0.1) is 23.2 Å². The van der Waals surface area contributed by atoms with E-state index in [1.807, 2.05) is 12.1 Å². The van der Waals surface area contributed by atoms with Crippen LogP contribution in [0.2, 0.25) is 0 Å². The van der Waals surface area contributed by atoms with E-state index >= 15 is 0 Å². The number of likely N-dealkylation sites (tertiary alicyclic amines) is 1. The summed E-state index contributed by atoms with van der Waals surface area (Å²) in [5.74, 6) is 2.60. The number of rotatable bonds is 2. The second-order valence-corrected chi connectivity index (χ2v) is 7.88. The van der Waals surface area contributed by atoms with Gasteiger partial charge in [0.25, 0.3) is 0 Å². The first-order valence-electron chi connectivity index (χ1n) is 8.69. The van der Waals surface area contributed by atoms with Gasteiger partial charge < -0.3 is 4.90 Å². The van der Waals surface area contributed by atoms with Crippen LogP contribution in [0.5, 0.6) is 0 Å². The van der Waals surface area contributed by atoms with Gasteiger partial charge in [0.1, 0.15) is 6.54 Å². The van der Waals surface area contributed by atoms with Gasteiger partial charge in [0.15, 0.2) is 5.65 Å². The third-order valence-corrected chi connectivity index (χ3v) is 6.81. The zero-order valence-corrected chi connectivity index (χ0v) is 13.5. The van der Waals surface area contributed by atoms with E-state index in [1.165, 1.54) is 19.3 Å². The number of carbonyl (C=O) groups excluding carboxylic acids is 1. The zero-order chi connectivity index (χ0) is 15.6. The molecule has 0 unspecified atom stereocenters. The van der Waals surface area contributed by atoms with Crippen molar-refractivity contribution in [2.75, 3.05) is 13.1 Å². The lowest BCUT2D eigenvalue weighted by Gasteiger charge is -2.34. The highest BCUT2D eigenvalue weighted by Crippen LogP contribution is 2.62. The summed E-state index contributed by atoms with van der Waals surface area (Å²) in [6.45, 7) is 4.60. The quantitative estimate of drug-likeness (QED) is 0.855. The number of nitrogens with zero attached hydrogens (tertiary/aromatic N) is 4. The summed E-state index contributed by atoms with van der Waals surface area (Å²) >= 11 is 0. The molecule has 2 aliphatic carbocycles. The SMILES string of the molecule is C[C@]12CN(C(=O)Cn3ncc4cccnc43)C[C@H]1[C@H]1CC[C@@H]2C1. The fraction of sp³-hybridized carbons (Fsp3) is 0.611. The van der Waals surface area contributed by atoms with Crippen LogP contribution in [0.1, 0.15) is 26.2 Å². The van der Waals surface area contributed by atoms with Crippen molar-refractivity contribution >= 4 is 16.9 Å². The van der Waals surface area contributed by atoms with Gasteiger partial charge in [0.2, 0.25) is 5.91 Å². The second-order valence-electron chi connectivity index (χ2n) is 7.88. The fourth-order valence-electron chi connectivity index (χ4n) is 5.59. The molecule has 0 radical (unpaired) electrons. The number of aromatic nitrogens is 3. The maximum Gasteiger partial charge on any atom is 0.244 e. The molecule has 1 amide bonds. The lowest BCUT2D eigenvalue weighted by atomic mass is 9.70. The zero-order valence-electron chi connectivity index (χ0n) is 13.5. The molecule has 2 aromatic heterocycles. The molecule has 0 spiro atoms. The van der Waals surface area contributed by atoms with E-state index in [2.05, 4.69) is 21.9 Å². The topological polar surface area (TPSA) is 51.0 Å². The summed E-state index contributed by atoms with van der Waals surface area (Å²) in [7, 11) is 0. The van der Waals surface area contributed by atoms with Gasteiger partial charge in [-0.25, -0.2) is 9.67 Å². The monoisotopic (exact) mass is 310 g/mol. The van der Waals surface area contributed by atoms with Gasteiger partial charge in [-0.3, -0.25) is 4.79 Å². The lowest BCUT2D eigenvalue weighted by molar-refractivity contribution is -0.131. The minimum absolute atomic E-state index is 0.190. The standard InChI is InChI=1S/C18H22N4O/c1-18-11-21(9-15(18)12-4-5-14(18)7-12)16(23)10-22-17-13(8-20-22)3-2-6-19-17/h2-3,6,8,12,14-15H,4-5,7,9-11H2,1H3/t12-,14+,15-,18+/m0/s1. The Kier molecular flexibility index (Phi) is 2.68. The normalized spacial score (nSPS) is 35.2. The Morgan fingerprint density at radius 2 is 2.35 bits per heavy atom. The van der Waals surface area contributed by atoms with Gasteiger partial charge in [-0.05, 0) is 54.6 Å². The van der Waals surface area contributed by atoms with E-state index in [0.717, 1.165) is 41.9 Å². The molecule has 2 aromatic rings. The first-order chi connectivity index (χ1) is 11.1. The number of carbonyl (C=O) groups is 1. The predicted octanol–water partition coefficient (Wildman–Crippen LogP) is 2.33. The summed E-state index contributed by atoms with van der Waals surface area (Å²) in [5.41, 5.74) is 1.16. The van der Waals surface area contributed by atoms with Gasteiger partial charge in [-0.15, -0.1) is 0 Å². The van der Waals surface area contributed by atoms with Crippen molar-refractivity contribution in [1.29, 1.82) is 0 Å². The Balaban J connectivity index is 1.36. The van der Waals surface area contributed by atoms with Crippen LogP contribution < -0.4 is 0 Å². The van der Waals surface area contributed by atoms with Crippen molar-refractivity contribution in [2.24, 2.45) is 23.2 Å². The van der Waals surface area contributed by atoms with Crippen LogP contribution in [0.3, 0.4) is 0 Å². The van der Waals surface area contributed by atoms with Gasteiger partial charge in [-0.1, -0.05) is 6.92 Å². The highest BCUT2D eigenvalue weighted by Gasteiger charge is 2.59. The van der Waals surface area contributed by atoms with Crippen LogP contribution in [-0.4, -0.2) is 38.7 Å². The molecule has 3 fully saturated rings. The average Bonchev–Trinajstić information content (AvgIpc) is 3.27. The molecule has 5 rings (SSSR count). The molecule has 2 saturated carbocycles. The molecule has 3 heterocycles. The van der Waals surface area contributed by atoms with Gasteiger partial charge in [-0.2, -0.15) is 5.10 Å². The molecule has 0 aromatic carbocycles. The number of amides is 1. The third kappa shape index (κ3) is 1.82. The van der Waals surface area contributed by atoms with Crippen LogP contribution in [-0.2, 0) is 11.3 Å². The minimum Gasteiger partial charge on any atom is -0.340 e. The van der Waals surface area contributed by atoms with Gasteiger partial charge >= 0.3 is 0 Å². The molecule has 2 bridgehead atoms. The third-order valence-electron chi connectivity index (χ3n) is 6.81. The molecule has 23 heavy (non-hydrogen) atoms. The van der Waals surface area contributed by atoms with Gasteiger partial charge in [0, 0.05) is 24.7 Å². The van der Waals surface area contributed by atoms with Crippen LogP contribution in [0.15, 0.2) is 24.5 Å². The number of pyridine rings is 1. The Morgan fingerprint density at radius 1 is 1.43 bits per heavy atom. The Labute approximate surface area is 135 Å². The Bertz CT molecular complexity index is 784. The first-order valence-corrected chi connectivity index (χ1v) is 8.69. The van der Waals surface area contributed by atoms with Crippen LogP contribution in [0.4, 0.5) is 0 Å². The van der Waals surface area contributed by atoms with E-state index in [1.54, 1.807) is 17.1 Å². The summed E-state index contributed by atoms with van der Waals surface area (Å²) in [5, 5.41) is 5.33. The van der Waals surface area contributed by atoms with Crippen molar-refractivity contribution in [2.45, 2.75) is 32.7 Å². The fourth-order valence-corrected chi connectivity index (χ4v) is 5.59. The smallest absolute Gasteiger partial charge is 0.244 e. The molecule has 120 valence electrons. The summed E-state index contributed by atoms with van der Waals surface area (Å²) in [6.07, 6.45) is 7.69. The molecule has 4 atom stereocenters. The largest absolute Gasteiger partial charge is 0.340 e. The minimum atomic E-state index is 0.190. The maximum absolute atomic E-state index is 12.8. The predicted molar refractivity (Wildman–Crippen MR) is 86.5 cm³/mol.